The van der Waals surface area contributed by atoms with Crippen LogP contribution in [0.2, 0.25) is 0 Å². The van der Waals surface area contributed by atoms with Gasteiger partial charge in [-0.25, -0.2) is 9.78 Å². The number of rotatable bonds is 4. The van der Waals surface area contributed by atoms with Gasteiger partial charge in [0.25, 0.3) is 0 Å². The van der Waals surface area contributed by atoms with Crippen LogP contribution in [0.1, 0.15) is 31.0 Å². The summed E-state index contributed by atoms with van der Waals surface area (Å²) in [5.74, 6) is -2.61. The normalized spacial score (nSPS) is 24.6. The number of hydrogen-bond acceptors (Lipinski definition) is 6. The maximum absolute atomic E-state index is 12.2. The first-order chi connectivity index (χ1) is 13.0. The Kier molecular flexibility index (Phi) is 7.40. The molecule has 0 aliphatic carbocycles. The van der Waals surface area contributed by atoms with E-state index in [1.165, 1.54) is 0 Å². The van der Waals surface area contributed by atoms with E-state index in [9.17, 15) is 18.0 Å². The zero-order valence-corrected chi connectivity index (χ0v) is 16.6. The molecule has 11 heteroatoms. The molecule has 3 rings (SSSR count). The predicted molar refractivity (Wildman–Crippen MR) is 95.9 cm³/mol. The summed E-state index contributed by atoms with van der Waals surface area (Å²) < 4.78 is 37.7. The number of carbonyl (C=O) groups is 2. The van der Waals surface area contributed by atoms with E-state index in [0.29, 0.717) is 0 Å². The number of morpholine rings is 1. The molecule has 1 amide bonds. The van der Waals surface area contributed by atoms with Gasteiger partial charge in [-0.15, -0.1) is 11.3 Å². The summed E-state index contributed by atoms with van der Waals surface area (Å²) in [6, 6.07) is 0.187. The monoisotopic (exact) mass is 423 g/mol. The summed E-state index contributed by atoms with van der Waals surface area (Å²) in [6.07, 6.45) is -4.02. The van der Waals surface area contributed by atoms with Gasteiger partial charge in [-0.2, -0.15) is 13.2 Å². The fourth-order valence-electron chi connectivity index (χ4n) is 3.24. The molecule has 2 saturated heterocycles. The van der Waals surface area contributed by atoms with Crippen molar-refractivity contribution >= 4 is 23.2 Å². The molecule has 0 radical (unpaired) electrons. The van der Waals surface area contributed by atoms with Crippen molar-refractivity contribution in [2.24, 2.45) is 5.92 Å². The number of carboxylic acids is 1. The van der Waals surface area contributed by atoms with E-state index >= 15 is 0 Å². The molecule has 0 spiro atoms. The number of alkyl halides is 3. The van der Waals surface area contributed by atoms with Gasteiger partial charge in [0, 0.05) is 31.1 Å². The highest BCUT2D eigenvalue weighted by Gasteiger charge is 2.44. The number of aliphatic carboxylic acids is 1. The number of amides is 1. The number of halogens is 3. The van der Waals surface area contributed by atoms with Gasteiger partial charge in [0.05, 0.1) is 28.8 Å². The molecule has 1 aromatic heterocycles. The molecule has 2 aliphatic rings. The number of nitrogens with one attached hydrogen (secondary N) is 1. The van der Waals surface area contributed by atoms with Crippen molar-refractivity contribution in [2.75, 3.05) is 13.1 Å². The number of carboxylic acid groups (broad SMARTS) is 1. The molecule has 28 heavy (non-hydrogen) atoms. The highest BCUT2D eigenvalue weighted by atomic mass is 32.1. The second-order valence-electron chi connectivity index (χ2n) is 7.16. The van der Waals surface area contributed by atoms with Crippen molar-refractivity contribution in [1.29, 1.82) is 0 Å². The van der Waals surface area contributed by atoms with Gasteiger partial charge in [-0.05, 0) is 27.2 Å². The topological polar surface area (TPSA) is 91.8 Å². The molecule has 158 valence electrons. The second-order valence-corrected chi connectivity index (χ2v) is 8.22. The van der Waals surface area contributed by atoms with Crippen LogP contribution in [0.5, 0.6) is 0 Å². The zero-order chi connectivity index (χ0) is 21.1. The molecule has 2 bridgehead atoms. The molecule has 0 saturated carbocycles. The lowest BCUT2D eigenvalue weighted by Gasteiger charge is -2.32. The van der Waals surface area contributed by atoms with Crippen LogP contribution in [-0.4, -0.2) is 64.4 Å². The van der Waals surface area contributed by atoms with Crippen molar-refractivity contribution < 1.29 is 32.6 Å². The van der Waals surface area contributed by atoms with Crippen molar-refractivity contribution in [1.82, 2.24) is 15.2 Å². The Hall–Kier alpha value is -1.72. The van der Waals surface area contributed by atoms with E-state index in [2.05, 4.69) is 20.6 Å². The lowest BCUT2D eigenvalue weighted by molar-refractivity contribution is -0.192. The third-order valence-electron chi connectivity index (χ3n) is 4.30. The van der Waals surface area contributed by atoms with Gasteiger partial charge < -0.3 is 15.2 Å². The fraction of sp³-hybridized carbons (Fsp3) is 0.706. The minimum atomic E-state index is -5.08. The van der Waals surface area contributed by atoms with E-state index in [1.807, 2.05) is 20.8 Å². The molecular formula is C17H24F3N3O4S. The van der Waals surface area contributed by atoms with Crippen molar-refractivity contribution in [3.05, 3.63) is 16.1 Å². The molecule has 3 heterocycles. The molecule has 7 nitrogen and oxygen atoms in total. The molecular weight excluding hydrogens is 399 g/mol. The zero-order valence-electron chi connectivity index (χ0n) is 15.8. The standard InChI is InChI=1S/C15H23N3O2S.C2HF3O2/c1-9(2)16-15(19)13-4-12-6-18(7-14(13)20-12)5-11-8-21-10(3)17-11;3-2(4,5)1(6)7/h8-9,12-14H,4-7H2,1-3H3,(H,16,19);(H,6,7). The minimum Gasteiger partial charge on any atom is -0.475 e. The van der Waals surface area contributed by atoms with Crippen LogP contribution in [0.4, 0.5) is 13.2 Å². The summed E-state index contributed by atoms with van der Waals surface area (Å²) in [4.78, 5) is 28.0. The number of hydrogen-bond donors (Lipinski definition) is 2. The molecule has 2 N–H and O–H groups in total. The maximum atomic E-state index is 12.2. The largest absolute Gasteiger partial charge is 0.490 e. The smallest absolute Gasteiger partial charge is 0.475 e. The summed E-state index contributed by atoms with van der Waals surface area (Å²) in [5.41, 5.74) is 1.13. The van der Waals surface area contributed by atoms with Gasteiger partial charge in [-0.3, -0.25) is 9.69 Å². The predicted octanol–water partition coefficient (Wildman–Crippen LogP) is 2.20. The Balaban J connectivity index is 0.000000345. The minimum absolute atomic E-state index is 0.000398. The number of thiazole rings is 1. The van der Waals surface area contributed by atoms with E-state index in [4.69, 9.17) is 14.6 Å². The third kappa shape index (κ3) is 6.42. The molecule has 1 aromatic rings. The maximum Gasteiger partial charge on any atom is 0.490 e. The second kappa shape index (κ2) is 9.19. The molecule has 0 aromatic carbocycles. The summed E-state index contributed by atoms with van der Waals surface area (Å²) in [6.45, 7) is 8.61. The average molecular weight is 423 g/mol. The van der Waals surface area contributed by atoms with E-state index in [0.717, 1.165) is 36.8 Å². The Bertz CT molecular complexity index is 695. The summed E-state index contributed by atoms with van der Waals surface area (Å²) in [5, 5.41) is 13.4. The number of nitrogens with zero attached hydrogens (tertiary/aromatic N) is 2. The van der Waals surface area contributed by atoms with Gasteiger partial charge in [-0.1, -0.05) is 0 Å². The van der Waals surface area contributed by atoms with Crippen molar-refractivity contribution in [3.8, 4) is 0 Å². The van der Waals surface area contributed by atoms with E-state index in [1.54, 1.807) is 11.3 Å². The van der Waals surface area contributed by atoms with Crippen LogP contribution in [0.3, 0.4) is 0 Å². The van der Waals surface area contributed by atoms with Crippen LogP contribution < -0.4 is 5.32 Å². The number of aryl methyl sites for hydroxylation is 1. The van der Waals surface area contributed by atoms with Gasteiger partial charge in [0.1, 0.15) is 0 Å². The van der Waals surface area contributed by atoms with Crippen LogP contribution in [-0.2, 0) is 20.9 Å². The van der Waals surface area contributed by atoms with Crippen molar-refractivity contribution in [2.45, 2.75) is 58.2 Å². The van der Waals surface area contributed by atoms with Crippen LogP contribution in [0, 0.1) is 12.8 Å². The summed E-state index contributed by atoms with van der Waals surface area (Å²) >= 11 is 1.69. The number of aromatic nitrogens is 1. The van der Waals surface area contributed by atoms with Gasteiger partial charge >= 0.3 is 12.1 Å². The first-order valence-electron chi connectivity index (χ1n) is 8.85. The van der Waals surface area contributed by atoms with Crippen molar-refractivity contribution in [3.63, 3.8) is 0 Å². The molecule has 2 aliphatic heterocycles. The Morgan fingerprint density at radius 1 is 1.43 bits per heavy atom. The lowest BCUT2D eigenvalue weighted by atomic mass is 9.99. The Morgan fingerprint density at radius 2 is 2.07 bits per heavy atom. The molecule has 2 fully saturated rings. The van der Waals surface area contributed by atoms with E-state index in [-0.39, 0.29) is 30.1 Å². The third-order valence-corrected chi connectivity index (χ3v) is 5.12. The number of ether oxygens (including phenoxy) is 1. The Labute approximate surface area is 164 Å². The lowest BCUT2D eigenvalue weighted by Crippen LogP contribution is -2.45. The number of carbonyl (C=O) groups excluding carboxylic acids is 1. The fourth-order valence-corrected chi connectivity index (χ4v) is 3.85. The van der Waals surface area contributed by atoms with Gasteiger partial charge in [0.2, 0.25) is 5.91 Å². The SMILES string of the molecule is Cc1nc(CN2CC3CC(C(=O)NC(C)C)C(C2)O3)cs1.O=C(O)C(F)(F)F. The van der Waals surface area contributed by atoms with Crippen LogP contribution in [0.25, 0.3) is 0 Å². The summed E-state index contributed by atoms with van der Waals surface area (Å²) in [7, 11) is 0. The first kappa shape index (κ1) is 22.6. The van der Waals surface area contributed by atoms with Gasteiger partial charge in [0.15, 0.2) is 0 Å². The average Bonchev–Trinajstić information content (AvgIpc) is 3.09. The Morgan fingerprint density at radius 3 is 2.57 bits per heavy atom. The highest BCUT2D eigenvalue weighted by Crippen LogP contribution is 2.32. The van der Waals surface area contributed by atoms with Crippen LogP contribution in [0.15, 0.2) is 5.38 Å². The number of likely N-dealkylation sites (tertiary alicyclic amines) is 1. The number of fused-ring (bicyclic) bond motifs is 2. The highest BCUT2D eigenvalue weighted by molar-refractivity contribution is 7.09. The molecule has 3 atom stereocenters. The van der Waals surface area contributed by atoms with E-state index < -0.39 is 12.1 Å². The quantitative estimate of drug-likeness (QED) is 0.772. The first-order valence-corrected chi connectivity index (χ1v) is 9.73. The molecule has 3 unspecified atom stereocenters. The van der Waals surface area contributed by atoms with Crippen LogP contribution >= 0.6 is 11.3 Å².